The third-order valence-electron chi connectivity index (χ3n) is 2.94. The van der Waals surface area contributed by atoms with Crippen molar-refractivity contribution in [2.45, 2.75) is 5.75 Å². The van der Waals surface area contributed by atoms with Crippen LogP contribution < -0.4 is 0 Å². The van der Waals surface area contributed by atoms with Gasteiger partial charge in [-0.05, 0) is 22.4 Å². The summed E-state index contributed by atoms with van der Waals surface area (Å²) < 4.78 is 36.5. The van der Waals surface area contributed by atoms with Crippen molar-refractivity contribution in [1.29, 1.82) is 0 Å². The van der Waals surface area contributed by atoms with E-state index < -0.39 is 15.9 Å². The average molecular weight is 262 g/mol. The van der Waals surface area contributed by atoms with Gasteiger partial charge in [0.2, 0.25) is 0 Å². The minimum atomic E-state index is -4.08. The first kappa shape index (κ1) is 11.3. The van der Waals surface area contributed by atoms with Crippen LogP contribution in [-0.2, 0) is 15.9 Å². The van der Waals surface area contributed by atoms with E-state index in [1.54, 1.807) is 6.26 Å². The zero-order valence-corrected chi connectivity index (χ0v) is 10.1. The summed E-state index contributed by atoms with van der Waals surface area (Å²) >= 11 is 0. The van der Waals surface area contributed by atoms with E-state index in [4.69, 9.17) is 8.97 Å². The minimum absolute atomic E-state index is 0.412. The Morgan fingerprint density at radius 3 is 2.61 bits per heavy atom. The number of benzene rings is 2. The Hall–Kier alpha value is -1.85. The van der Waals surface area contributed by atoms with Crippen LogP contribution in [0.2, 0.25) is 0 Å². The second kappa shape index (κ2) is 3.83. The molecule has 0 aliphatic heterocycles. The summed E-state index contributed by atoms with van der Waals surface area (Å²) in [5, 5.41) is 3.27. The fourth-order valence-electron chi connectivity index (χ4n) is 2.21. The summed E-state index contributed by atoms with van der Waals surface area (Å²) in [5.74, 6) is -0.412. The highest BCUT2D eigenvalue weighted by molar-refractivity contribution is 7.85. The van der Waals surface area contributed by atoms with E-state index in [0.29, 0.717) is 10.9 Å². The van der Waals surface area contributed by atoms with Gasteiger partial charge in [0.25, 0.3) is 10.1 Å². The van der Waals surface area contributed by atoms with Crippen molar-refractivity contribution in [3.05, 3.63) is 48.4 Å². The SMILES string of the molecule is O=S(=O)(O)Cc1c2ccccc2cc2cocc12. The van der Waals surface area contributed by atoms with E-state index in [-0.39, 0.29) is 0 Å². The highest BCUT2D eigenvalue weighted by Crippen LogP contribution is 2.30. The molecule has 0 bridgehead atoms. The third kappa shape index (κ3) is 1.87. The fourth-order valence-corrected chi connectivity index (χ4v) is 2.89. The molecule has 4 nitrogen and oxygen atoms in total. The predicted octanol–water partition coefficient (Wildman–Crippen LogP) is 2.97. The van der Waals surface area contributed by atoms with Crippen molar-refractivity contribution in [3.63, 3.8) is 0 Å². The molecule has 0 atom stereocenters. The number of hydrogen-bond donors (Lipinski definition) is 1. The molecule has 0 unspecified atom stereocenters. The predicted molar refractivity (Wildman–Crippen MR) is 69.0 cm³/mol. The molecule has 3 aromatic rings. The van der Waals surface area contributed by atoms with Gasteiger partial charge in [-0.2, -0.15) is 8.42 Å². The van der Waals surface area contributed by atoms with E-state index in [1.807, 2.05) is 30.3 Å². The molecule has 2 aromatic carbocycles. The normalized spacial score (nSPS) is 12.3. The lowest BCUT2D eigenvalue weighted by atomic mass is 10.0. The summed E-state index contributed by atoms with van der Waals surface area (Å²) in [6.07, 6.45) is 3.07. The monoisotopic (exact) mass is 262 g/mol. The van der Waals surface area contributed by atoms with Crippen LogP contribution in [0.4, 0.5) is 0 Å². The highest BCUT2D eigenvalue weighted by Gasteiger charge is 2.14. The molecule has 92 valence electrons. The van der Waals surface area contributed by atoms with Gasteiger partial charge in [-0.25, -0.2) is 0 Å². The van der Waals surface area contributed by atoms with E-state index in [1.165, 1.54) is 6.26 Å². The molecule has 0 fully saturated rings. The van der Waals surface area contributed by atoms with Crippen LogP contribution in [0, 0.1) is 0 Å². The highest BCUT2D eigenvalue weighted by atomic mass is 32.2. The molecule has 0 spiro atoms. The molecule has 0 aliphatic carbocycles. The van der Waals surface area contributed by atoms with Gasteiger partial charge in [-0.1, -0.05) is 24.3 Å². The second-order valence-electron chi connectivity index (χ2n) is 4.18. The Labute approximate surface area is 104 Å². The van der Waals surface area contributed by atoms with Crippen molar-refractivity contribution >= 4 is 31.7 Å². The molecule has 3 rings (SSSR count). The molecule has 0 aliphatic rings. The largest absolute Gasteiger partial charge is 0.471 e. The number of fused-ring (bicyclic) bond motifs is 2. The van der Waals surface area contributed by atoms with E-state index in [9.17, 15) is 8.42 Å². The Bertz CT molecular complexity index is 830. The van der Waals surface area contributed by atoms with E-state index in [0.717, 1.165) is 16.2 Å². The first-order valence-electron chi connectivity index (χ1n) is 5.36. The van der Waals surface area contributed by atoms with Gasteiger partial charge >= 0.3 is 0 Å². The van der Waals surface area contributed by atoms with Gasteiger partial charge in [-0.15, -0.1) is 0 Å². The minimum Gasteiger partial charge on any atom is -0.471 e. The maximum atomic E-state index is 11.1. The lowest BCUT2D eigenvalue weighted by Gasteiger charge is -2.06. The quantitative estimate of drug-likeness (QED) is 0.721. The average Bonchev–Trinajstić information content (AvgIpc) is 2.75. The van der Waals surface area contributed by atoms with Gasteiger partial charge in [0.1, 0.15) is 5.75 Å². The Balaban J connectivity index is 2.44. The zero-order chi connectivity index (χ0) is 12.8. The van der Waals surface area contributed by atoms with Crippen molar-refractivity contribution in [2.75, 3.05) is 0 Å². The Kier molecular flexibility index (Phi) is 2.39. The van der Waals surface area contributed by atoms with E-state index in [2.05, 4.69) is 0 Å². The second-order valence-corrected chi connectivity index (χ2v) is 5.63. The van der Waals surface area contributed by atoms with Gasteiger partial charge in [0, 0.05) is 10.8 Å². The van der Waals surface area contributed by atoms with Crippen molar-refractivity contribution in [3.8, 4) is 0 Å². The number of rotatable bonds is 2. The van der Waals surface area contributed by atoms with Crippen LogP contribution in [0.15, 0.2) is 47.3 Å². The summed E-state index contributed by atoms with van der Waals surface area (Å²) in [4.78, 5) is 0. The Morgan fingerprint density at radius 1 is 1.06 bits per heavy atom. The molecule has 0 saturated carbocycles. The summed E-state index contributed by atoms with van der Waals surface area (Å²) in [6.45, 7) is 0. The third-order valence-corrected chi connectivity index (χ3v) is 3.59. The molecule has 18 heavy (non-hydrogen) atoms. The first-order chi connectivity index (χ1) is 8.54. The van der Waals surface area contributed by atoms with Crippen LogP contribution in [0.3, 0.4) is 0 Å². The maximum Gasteiger partial charge on any atom is 0.269 e. The fraction of sp³-hybridized carbons (Fsp3) is 0.0769. The molecule has 0 amide bonds. The first-order valence-corrected chi connectivity index (χ1v) is 6.97. The van der Waals surface area contributed by atoms with Gasteiger partial charge < -0.3 is 4.42 Å². The van der Waals surface area contributed by atoms with Crippen molar-refractivity contribution < 1.29 is 17.4 Å². The van der Waals surface area contributed by atoms with Gasteiger partial charge in [0.15, 0.2) is 0 Å². The van der Waals surface area contributed by atoms with Crippen LogP contribution in [0.5, 0.6) is 0 Å². The van der Waals surface area contributed by atoms with E-state index >= 15 is 0 Å². The molecular formula is C13H10O4S. The van der Waals surface area contributed by atoms with Crippen molar-refractivity contribution in [2.24, 2.45) is 0 Å². The molecule has 0 saturated heterocycles. The van der Waals surface area contributed by atoms with Crippen molar-refractivity contribution in [1.82, 2.24) is 0 Å². The lowest BCUT2D eigenvalue weighted by Crippen LogP contribution is -2.02. The molecule has 5 heteroatoms. The molecule has 0 radical (unpaired) electrons. The summed E-state index contributed by atoms with van der Waals surface area (Å²) in [6, 6.07) is 9.38. The molecule has 1 heterocycles. The number of furan rings is 1. The van der Waals surface area contributed by atoms with Crippen LogP contribution in [-0.4, -0.2) is 13.0 Å². The van der Waals surface area contributed by atoms with Crippen LogP contribution in [0.25, 0.3) is 21.5 Å². The standard InChI is InChI=1S/C13H10O4S/c14-18(15,16)8-13-11-4-2-1-3-9(11)5-10-6-17-7-12(10)13/h1-7H,8H2,(H,14,15,16). The topological polar surface area (TPSA) is 67.5 Å². The zero-order valence-electron chi connectivity index (χ0n) is 9.33. The van der Waals surface area contributed by atoms with Crippen LogP contribution in [0.1, 0.15) is 5.56 Å². The number of hydrogen-bond acceptors (Lipinski definition) is 3. The van der Waals surface area contributed by atoms with Gasteiger partial charge in [0.05, 0.1) is 12.5 Å². The molecule has 1 N–H and O–H groups in total. The summed E-state index contributed by atoms with van der Waals surface area (Å²) in [5.41, 5.74) is 0.569. The molecule has 1 aromatic heterocycles. The summed E-state index contributed by atoms with van der Waals surface area (Å²) in [7, 11) is -4.08. The molecular weight excluding hydrogens is 252 g/mol. The van der Waals surface area contributed by atoms with Gasteiger partial charge in [-0.3, -0.25) is 4.55 Å². The maximum absolute atomic E-state index is 11.1. The van der Waals surface area contributed by atoms with Crippen LogP contribution >= 0.6 is 0 Å². The lowest BCUT2D eigenvalue weighted by molar-refractivity contribution is 0.482. The Morgan fingerprint density at radius 2 is 1.83 bits per heavy atom. The smallest absolute Gasteiger partial charge is 0.269 e.